The number of likely N-dealkylation sites (tertiary alicyclic amines) is 2. The molecule has 14 nitrogen and oxygen atoms in total. The maximum absolute atomic E-state index is 14.0. The third-order valence-corrected chi connectivity index (χ3v) is 11.9. The molecule has 4 atom stereocenters. The summed E-state index contributed by atoms with van der Waals surface area (Å²) < 4.78 is 10.4. The molecular weight excluding hydrogens is 723 g/mol. The fourth-order valence-electron chi connectivity index (χ4n) is 8.49. The average molecular weight is 774 g/mol. The van der Waals surface area contributed by atoms with Gasteiger partial charge in [-0.2, -0.15) is 0 Å². The van der Waals surface area contributed by atoms with Gasteiger partial charge in [0.1, 0.15) is 17.7 Å². The number of aromatic nitrogens is 5. The molecule has 8 rings (SSSR count). The van der Waals surface area contributed by atoms with Gasteiger partial charge in [-0.3, -0.25) is 14.6 Å². The average Bonchev–Trinajstić information content (AvgIpc) is 4.09. The van der Waals surface area contributed by atoms with Gasteiger partial charge < -0.3 is 40.3 Å². The quantitative estimate of drug-likeness (QED) is 0.129. The van der Waals surface area contributed by atoms with E-state index >= 15 is 0 Å². The molecule has 3 saturated heterocycles. The Labute approximate surface area is 331 Å². The van der Waals surface area contributed by atoms with Crippen LogP contribution in [-0.4, -0.2) is 98.1 Å². The summed E-state index contributed by atoms with van der Waals surface area (Å²) in [4.78, 5) is 64.2. The number of carbonyl (C=O) groups excluding carboxylic acids is 3. The number of aromatic amines is 2. The highest BCUT2D eigenvalue weighted by molar-refractivity contribution is 5.88. The van der Waals surface area contributed by atoms with Gasteiger partial charge in [0.15, 0.2) is 0 Å². The Morgan fingerprint density at radius 1 is 0.842 bits per heavy atom. The highest BCUT2D eigenvalue weighted by atomic mass is 16.5. The van der Waals surface area contributed by atoms with Crippen molar-refractivity contribution in [3.8, 4) is 33.6 Å². The molecule has 0 aliphatic carbocycles. The van der Waals surface area contributed by atoms with Crippen LogP contribution in [0.25, 0.3) is 44.5 Å². The van der Waals surface area contributed by atoms with Gasteiger partial charge in [-0.25, -0.2) is 14.8 Å². The third kappa shape index (κ3) is 7.88. The van der Waals surface area contributed by atoms with E-state index in [1.165, 1.54) is 7.11 Å². The molecule has 0 bridgehead atoms. The van der Waals surface area contributed by atoms with Crippen molar-refractivity contribution in [2.24, 2.45) is 17.6 Å². The lowest BCUT2D eigenvalue weighted by molar-refractivity contribution is -0.137. The molecule has 0 unspecified atom stereocenters. The van der Waals surface area contributed by atoms with Crippen LogP contribution in [0.1, 0.15) is 76.1 Å². The van der Waals surface area contributed by atoms with Crippen LogP contribution in [0.15, 0.2) is 67.1 Å². The van der Waals surface area contributed by atoms with Crippen molar-refractivity contribution in [2.75, 3.05) is 33.4 Å². The Balaban J connectivity index is 0.943. The van der Waals surface area contributed by atoms with E-state index in [-0.39, 0.29) is 35.7 Å². The first-order chi connectivity index (χ1) is 27.7. The Bertz CT molecular complexity index is 2230. The number of H-pyrrole nitrogens is 2. The first-order valence-electron chi connectivity index (χ1n) is 20.1. The number of rotatable bonds is 10. The van der Waals surface area contributed by atoms with Crippen LogP contribution in [0.3, 0.4) is 0 Å². The normalized spacial score (nSPS) is 19.9. The van der Waals surface area contributed by atoms with Crippen molar-refractivity contribution in [1.29, 1.82) is 0 Å². The summed E-state index contributed by atoms with van der Waals surface area (Å²) in [5.41, 5.74) is 12.7. The number of fused-ring (bicyclic) bond motifs is 1. The Hall–Kier alpha value is -5.60. The van der Waals surface area contributed by atoms with Crippen LogP contribution < -0.4 is 11.1 Å². The van der Waals surface area contributed by atoms with E-state index in [4.69, 9.17) is 30.2 Å². The molecule has 3 fully saturated rings. The van der Waals surface area contributed by atoms with E-state index in [1.54, 1.807) is 0 Å². The molecule has 0 spiro atoms. The van der Waals surface area contributed by atoms with Gasteiger partial charge in [-0.05, 0) is 79.2 Å². The number of amides is 3. The molecule has 2 aromatic carbocycles. The number of nitrogens with zero attached hydrogens (tertiary/aromatic N) is 5. The summed E-state index contributed by atoms with van der Waals surface area (Å²) in [7, 11) is 1.31. The van der Waals surface area contributed by atoms with Crippen LogP contribution in [0, 0.1) is 11.8 Å². The van der Waals surface area contributed by atoms with Crippen molar-refractivity contribution in [3.05, 3.63) is 78.8 Å². The Morgan fingerprint density at radius 3 is 2.25 bits per heavy atom. The van der Waals surface area contributed by atoms with E-state index in [0.717, 1.165) is 81.9 Å². The molecule has 5 aromatic rings. The molecule has 3 aliphatic rings. The topological polar surface area (TPSA) is 184 Å². The maximum Gasteiger partial charge on any atom is 0.407 e. The van der Waals surface area contributed by atoms with Crippen molar-refractivity contribution in [2.45, 2.75) is 76.5 Å². The monoisotopic (exact) mass is 773 g/mol. The van der Waals surface area contributed by atoms with Crippen molar-refractivity contribution >= 4 is 28.8 Å². The molecular formula is C43H51N9O5. The first kappa shape index (κ1) is 38.3. The molecule has 6 heterocycles. The van der Waals surface area contributed by atoms with Gasteiger partial charge in [0.05, 0.1) is 48.3 Å². The number of methoxy groups -OCH3 is 1. The second-order valence-electron chi connectivity index (χ2n) is 15.8. The Morgan fingerprint density at radius 2 is 1.53 bits per heavy atom. The van der Waals surface area contributed by atoms with Crippen molar-refractivity contribution < 1.29 is 23.9 Å². The number of hydrogen-bond donors (Lipinski definition) is 4. The summed E-state index contributed by atoms with van der Waals surface area (Å²) in [5, 5.41) is 3.82. The van der Waals surface area contributed by atoms with E-state index in [1.807, 2.05) is 42.2 Å². The molecule has 3 aromatic heterocycles. The zero-order valence-corrected chi connectivity index (χ0v) is 32.7. The molecule has 298 valence electrons. The molecule has 3 aliphatic heterocycles. The fraction of sp³-hybridized carbons (Fsp3) is 0.442. The number of carbonyl (C=O) groups is 3. The first-order valence-corrected chi connectivity index (χ1v) is 20.1. The van der Waals surface area contributed by atoms with Gasteiger partial charge in [0.25, 0.3) is 0 Å². The minimum absolute atomic E-state index is 0.0212. The number of benzene rings is 2. The van der Waals surface area contributed by atoms with Gasteiger partial charge >= 0.3 is 6.09 Å². The lowest BCUT2D eigenvalue weighted by atomic mass is 9.90. The summed E-state index contributed by atoms with van der Waals surface area (Å²) in [6.45, 7) is 6.35. The smallest absolute Gasteiger partial charge is 0.407 e. The SMILES string of the molecule is COC(=O)N[C@H](C(=O)N1CCC[C@H]1c1ncc(-c2ccc(-c3ccc4cc(-c5c[nH]c([C@@H]6CCCN6C(=O)[C@@H](N)C(C)C)n5)cnc4c3)cc2)[nH]1)C1CCOCC1. The largest absolute Gasteiger partial charge is 0.453 e. The van der Waals surface area contributed by atoms with Crippen molar-refractivity contribution in [1.82, 2.24) is 40.0 Å². The van der Waals surface area contributed by atoms with Crippen LogP contribution in [-0.2, 0) is 19.1 Å². The van der Waals surface area contributed by atoms with Gasteiger partial charge in [0.2, 0.25) is 11.8 Å². The highest BCUT2D eigenvalue weighted by Crippen LogP contribution is 2.36. The lowest BCUT2D eigenvalue weighted by Crippen LogP contribution is -2.53. The zero-order valence-electron chi connectivity index (χ0n) is 32.7. The summed E-state index contributed by atoms with van der Waals surface area (Å²) in [5.74, 6) is 1.43. The predicted octanol–water partition coefficient (Wildman–Crippen LogP) is 6.14. The predicted molar refractivity (Wildman–Crippen MR) is 215 cm³/mol. The number of pyridine rings is 1. The van der Waals surface area contributed by atoms with E-state index in [9.17, 15) is 14.4 Å². The summed E-state index contributed by atoms with van der Waals surface area (Å²) in [6, 6.07) is 15.1. The number of ether oxygens (including phenoxy) is 2. The summed E-state index contributed by atoms with van der Waals surface area (Å²) in [6.07, 6.45) is 9.74. The van der Waals surface area contributed by atoms with Gasteiger partial charge in [-0.15, -0.1) is 0 Å². The molecule has 5 N–H and O–H groups in total. The number of nitrogens with one attached hydrogen (secondary N) is 3. The number of nitrogens with two attached hydrogens (primary N) is 1. The van der Waals surface area contributed by atoms with E-state index in [2.05, 4.69) is 63.8 Å². The number of imidazole rings is 2. The van der Waals surface area contributed by atoms with Gasteiger partial charge in [-0.1, -0.05) is 50.2 Å². The fourth-order valence-corrected chi connectivity index (χ4v) is 8.49. The van der Waals surface area contributed by atoms with Crippen LogP contribution in [0.4, 0.5) is 4.79 Å². The van der Waals surface area contributed by atoms with Crippen molar-refractivity contribution in [3.63, 3.8) is 0 Å². The second-order valence-corrected chi connectivity index (χ2v) is 15.8. The molecule has 0 saturated carbocycles. The summed E-state index contributed by atoms with van der Waals surface area (Å²) >= 11 is 0. The number of hydrogen-bond acceptors (Lipinski definition) is 9. The molecule has 57 heavy (non-hydrogen) atoms. The van der Waals surface area contributed by atoms with Crippen LogP contribution >= 0.6 is 0 Å². The van der Waals surface area contributed by atoms with E-state index < -0.39 is 18.2 Å². The minimum Gasteiger partial charge on any atom is -0.453 e. The van der Waals surface area contributed by atoms with Crippen LogP contribution in [0.2, 0.25) is 0 Å². The third-order valence-electron chi connectivity index (χ3n) is 11.9. The van der Waals surface area contributed by atoms with E-state index in [0.29, 0.717) is 39.1 Å². The zero-order chi connectivity index (χ0) is 39.6. The number of alkyl carbamates (subject to hydrolysis) is 1. The second kappa shape index (κ2) is 16.5. The van der Waals surface area contributed by atoms with Gasteiger partial charge in [0, 0.05) is 49.6 Å². The molecule has 14 heteroatoms. The molecule has 0 radical (unpaired) electrons. The van der Waals surface area contributed by atoms with Crippen LogP contribution in [0.5, 0.6) is 0 Å². The Kier molecular flexibility index (Phi) is 11.1. The standard InChI is InChI=1S/C43H51N9O5/c1-25(2)37(44)41(53)51-16-4-6-35(51)39-47-24-34(49-39)31-20-30-13-12-29(21-32(30)45-22-31)26-8-10-27(11-9-26)33-23-46-40(48-33)36-7-5-17-52(36)42(54)38(50-43(55)56-3)28-14-18-57-19-15-28/h8-13,20-25,28,35-38H,4-7,14-19,44H2,1-3H3,(H,46,48)(H,47,49)(H,50,55)/t35-,36-,37-,38-/m0/s1. The minimum atomic E-state index is -0.678. The maximum atomic E-state index is 14.0. The molecule has 3 amide bonds. The highest BCUT2D eigenvalue weighted by Gasteiger charge is 2.40. The lowest BCUT2D eigenvalue weighted by Gasteiger charge is -2.34.